The van der Waals surface area contributed by atoms with E-state index in [1.807, 2.05) is 18.2 Å². The second-order valence-electron chi connectivity index (χ2n) is 14.0. The van der Waals surface area contributed by atoms with Gasteiger partial charge in [0.2, 0.25) is 5.69 Å². The lowest BCUT2D eigenvalue weighted by molar-refractivity contribution is -0.719. The average Bonchev–Trinajstić information content (AvgIpc) is 3.82. The molecule has 3 atom stereocenters. The van der Waals surface area contributed by atoms with E-state index in [2.05, 4.69) is 131 Å². The molecule has 0 amide bonds. The van der Waals surface area contributed by atoms with Gasteiger partial charge >= 0.3 is 0 Å². The molecule has 50 heavy (non-hydrogen) atoms. The van der Waals surface area contributed by atoms with Crippen molar-refractivity contribution >= 4 is 65.7 Å². The van der Waals surface area contributed by atoms with E-state index in [1.165, 1.54) is 71.4 Å². The molecule has 0 N–H and O–H groups in total. The number of aryl methyl sites for hydroxylation is 1. The maximum atomic E-state index is 6.35. The highest BCUT2D eigenvalue weighted by molar-refractivity contribution is 6.32. The number of hydrogen-bond acceptors (Lipinski definition) is 2. The maximum absolute atomic E-state index is 6.35. The van der Waals surface area contributed by atoms with Crippen molar-refractivity contribution in [1.82, 2.24) is 4.40 Å². The lowest BCUT2D eigenvalue weighted by Gasteiger charge is -2.32. The Hall–Kier alpha value is -6.00. The Morgan fingerprint density at radius 1 is 0.740 bits per heavy atom. The molecule has 238 valence electrons. The number of aliphatic imine (C=N–C) groups is 1. The molecule has 0 saturated heterocycles. The molecule has 2 aliphatic heterocycles. The summed E-state index contributed by atoms with van der Waals surface area (Å²) in [6.07, 6.45) is 9.08. The minimum Gasteiger partial charge on any atom is -0.456 e. The van der Waals surface area contributed by atoms with Gasteiger partial charge in [-0.2, -0.15) is 4.57 Å². The fourth-order valence-electron chi connectivity index (χ4n) is 9.54. The van der Waals surface area contributed by atoms with Crippen LogP contribution in [0.25, 0.3) is 71.3 Å². The molecule has 9 aromatic rings. The van der Waals surface area contributed by atoms with E-state index in [-0.39, 0.29) is 12.1 Å². The molecule has 11 rings (SSSR count). The summed E-state index contributed by atoms with van der Waals surface area (Å²) < 4.78 is 11.3. The number of nitrogens with zero attached hydrogens (tertiary/aromatic N) is 3. The number of allylic oxidation sites excluding steroid dienone is 1. The number of aromatic nitrogens is 2. The second-order valence-corrected chi connectivity index (χ2v) is 14.0. The van der Waals surface area contributed by atoms with Gasteiger partial charge in [-0.25, -0.2) is 0 Å². The van der Waals surface area contributed by atoms with Crippen molar-refractivity contribution in [1.29, 1.82) is 0 Å². The smallest absolute Gasteiger partial charge is 0.213 e. The Labute approximate surface area is 289 Å². The van der Waals surface area contributed by atoms with Crippen LogP contribution in [0.3, 0.4) is 0 Å². The van der Waals surface area contributed by atoms with Crippen molar-refractivity contribution in [3.63, 3.8) is 0 Å². The van der Waals surface area contributed by atoms with Crippen LogP contribution in [0, 0.1) is 0 Å². The molecule has 2 aliphatic rings. The Kier molecular flexibility index (Phi) is 5.72. The van der Waals surface area contributed by atoms with Crippen LogP contribution in [-0.2, 0) is 6.42 Å². The van der Waals surface area contributed by atoms with E-state index in [0.717, 1.165) is 41.5 Å². The quantitative estimate of drug-likeness (QED) is 0.136. The summed E-state index contributed by atoms with van der Waals surface area (Å²) in [6, 6.07) is 40.2. The summed E-state index contributed by atoms with van der Waals surface area (Å²) >= 11 is 0. The van der Waals surface area contributed by atoms with Crippen molar-refractivity contribution in [2.75, 3.05) is 0 Å². The van der Waals surface area contributed by atoms with E-state index in [1.54, 1.807) is 0 Å². The van der Waals surface area contributed by atoms with E-state index in [4.69, 9.17) is 9.41 Å². The first-order valence-corrected chi connectivity index (χ1v) is 17.7. The molecule has 0 spiro atoms. The predicted octanol–water partition coefficient (Wildman–Crippen LogP) is 10.9. The van der Waals surface area contributed by atoms with E-state index in [9.17, 15) is 0 Å². The first-order valence-electron chi connectivity index (χ1n) is 17.7. The molecular weight excluding hydrogens is 611 g/mol. The summed E-state index contributed by atoms with van der Waals surface area (Å²) in [4.78, 5) is 5.40. The number of rotatable bonds is 2. The van der Waals surface area contributed by atoms with E-state index in [0.29, 0.717) is 5.92 Å². The van der Waals surface area contributed by atoms with Crippen LogP contribution in [-0.4, -0.2) is 16.2 Å². The third-order valence-corrected chi connectivity index (χ3v) is 11.6. The van der Waals surface area contributed by atoms with Gasteiger partial charge in [0.05, 0.1) is 28.3 Å². The number of pyridine rings is 1. The number of furan rings is 1. The lowest BCUT2D eigenvalue weighted by Crippen LogP contribution is -2.48. The highest BCUT2D eigenvalue weighted by atomic mass is 16.3. The topological polar surface area (TPSA) is 33.8 Å². The van der Waals surface area contributed by atoms with Gasteiger partial charge in [0.15, 0.2) is 12.2 Å². The van der Waals surface area contributed by atoms with E-state index < -0.39 is 0 Å². The Morgan fingerprint density at radius 2 is 1.58 bits per heavy atom. The fourth-order valence-corrected chi connectivity index (χ4v) is 9.54. The Bertz CT molecular complexity index is 2920. The van der Waals surface area contributed by atoms with Crippen LogP contribution in [0.4, 0.5) is 0 Å². The van der Waals surface area contributed by atoms with Crippen molar-refractivity contribution in [3.8, 4) is 11.3 Å². The highest BCUT2D eigenvalue weighted by Crippen LogP contribution is 2.46. The summed E-state index contributed by atoms with van der Waals surface area (Å²) in [6.45, 7) is 8.57. The van der Waals surface area contributed by atoms with Crippen LogP contribution < -0.4 is 4.57 Å². The fraction of sp³-hybridized carbons (Fsp3) is 0.130. The second kappa shape index (κ2) is 10.3. The summed E-state index contributed by atoms with van der Waals surface area (Å²) in [7, 11) is 0. The van der Waals surface area contributed by atoms with Crippen LogP contribution >= 0.6 is 0 Å². The standard InChI is InChI=1S/C46H34N3O/c1-3-28-25-40-31(29-12-5-6-13-30(29)38-17-9-10-23-48(38)40)20-19-27-24-41-36(26-35(27)37(4-2)47-28)32-15-11-16-34-44-39(49(41)46(32)34)21-22-43-45(44)33-14-7-8-18-42(33)50-43/h3-18,21-24,26,28,31,40H,1-2,19-20,25H2/q+1/b47-37-. The molecule has 4 nitrogen and oxygen atoms in total. The third-order valence-electron chi connectivity index (χ3n) is 11.6. The molecule has 0 fully saturated rings. The van der Waals surface area contributed by atoms with Gasteiger partial charge < -0.3 is 8.82 Å². The van der Waals surface area contributed by atoms with Crippen LogP contribution in [0.2, 0.25) is 0 Å². The van der Waals surface area contributed by atoms with Gasteiger partial charge in [0.1, 0.15) is 11.2 Å². The summed E-state index contributed by atoms with van der Waals surface area (Å²) in [5, 5.41) is 7.37. The van der Waals surface area contributed by atoms with Crippen molar-refractivity contribution < 1.29 is 8.98 Å². The number of benzene rings is 5. The maximum Gasteiger partial charge on any atom is 0.213 e. The van der Waals surface area contributed by atoms with Gasteiger partial charge in [-0.1, -0.05) is 67.3 Å². The molecule has 4 aromatic heterocycles. The molecule has 0 bridgehead atoms. The van der Waals surface area contributed by atoms with Crippen LogP contribution in [0.1, 0.15) is 41.5 Å². The molecule has 0 aliphatic carbocycles. The zero-order valence-corrected chi connectivity index (χ0v) is 27.6. The van der Waals surface area contributed by atoms with Crippen molar-refractivity contribution in [3.05, 3.63) is 157 Å². The highest BCUT2D eigenvalue weighted by Gasteiger charge is 2.41. The number of fused-ring (bicyclic) bond motifs is 17. The Morgan fingerprint density at radius 3 is 2.50 bits per heavy atom. The normalized spacial score (nSPS) is 20.1. The average molecular weight is 645 g/mol. The first kappa shape index (κ1) is 27.9. The van der Waals surface area contributed by atoms with Crippen LogP contribution in [0.5, 0.6) is 0 Å². The zero-order valence-electron chi connectivity index (χ0n) is 27.6. The van der Waals surface area contributed by atoms with Crippen molar-refractivity contribution in [2.24, 2.45) is 4.99 Å². The molecule has 5 aromatic carbocycles. The summed E-state index contributed by atoms with van der Waals surface area (Å²) in [5.41, 5.74) is 13.0. The molecule has 6 heterocycles. The number of para-hydroxylation sites is 2. The van der Waals surface area contributed by atoms with Crippen LogP contribution in [0.15, 0.2) is 150 Å². The monoisotopic (exact) mass is 644 g/mol. The minimum atomic E-state index is -0.0473. The number of hydrogen-bond donors (Lipinski definition) is 0. The zero-order chi connectivity index (χ0) is 33.1. The molecule has 4 heteroatoms. The van der Waals surface area contributed by atoms with Gasteiger partial charge in [-0.05, 0) is 72.5 Å². The molecule has 0 radical (unpaired) electrons. The van der Waals surface area contributed by atoms with Gasteiger partial charge in [-0.15, -0.1) is 6.58 Å². The van der Waals surface area contributed by atoms with Gasteiger partial charge in [0.25, 0.3) is 0 Å². The molecular formula is C46H34N3O+. The largest absolute Gasteiger partial charge is 0.456 e. The molecule has 0 saturated carbocycles. The van der Waals surface area contributed by atoms with E-state index >= 15 is 0 Å². The third kappa shape index (κ3) is 3.65. The van der Waals surface area contributed by atoms with Gasteiger partial charge in [0, 0.05) is 67.9 Å². The van der Waals surface area contributed by atoms with Gasteiger partial charge in [-0.3, -0.25) is 4.99 Å². The summed E-state index contributed by atoms with van der Waals surface area (Å²) in [5.74, 6) is 0.342. The molecule has 3 unspecified atom stereocenters. The predicted molar refractivity (Wildman–Crippen MR) is 206 cm³/mol. The minimum absolute atomic E-state index is 0.0473. The Balaban J connectivity index is 1.18. The SMILES string of the molecule is C=C/C1=N/C(C=C)CC2C(CCc3cc4c(cc31)c1cccc3c5c6c(ccc5n4c13)oc1ccccc16)c1ccccc1-c1cccc[n+]12. The van der Waals surface area contributed by atoms with Crippen molar-refractivity contribution in [2.45, 2.75) is 37.3 Å². The first-order chi connectivity index (χ1) is 24.7. The lowest BCUT2D eigenvalue weighted by atomic mass is 9.77.